The Kier molecular flexibility index (Phi) is 3.93. The van der Waals surface area contributed by atoms with E-state index < -0.39 is 10.7 Å². The maximum atomic E-state index is 13.4. The predicted molar refractivity (Wildman–Crippen MR) is 71.5 cm³/mol. The summed E-state index contributed by atoms with van der Waals surface area (Å²) in [6, 6.07) is 7.76. The minimum atomic E-state index is -0.575. The van der Waals surface area contributed by atoms with E-state index in [1.807, 2.05) is 0 Å². The molecule has 0 unspecified atom stereocenters. The van der Waals surface area contributed by atoms with Crippen LogP contribution in [-0.4, -0.2) is 4.92 Å². The lowest BCUT2D eigenvalue weighted by molar-refractivity contribution is -0.385. The Hall–Kier alpha value is -2.50. The molecular formula is C14H12F2N2O2. The number of nitrogens with zero attached hydrogens (tertiary/aromatic N) is 1. The molecular weight excluding hydrogens is 266 g/mol. The molecule has 0 aromatic heterocycles. The van der Waals surface area contributed by atoms with Crippen LogP contribution < -0.4 is 5.32 Å². The number of nitrogens with one attached hydrogen (secondary N) is 1. The normalized spacial score (nSPS) is 10.3. The lowest BCUT2D eigenvalue weighted by atomic mass is 10.1. The van der Waals surface area contributed by atoms with Crippen molar-refractivity contribution in [2.45, 2.75) is 13.5 Å². The number of nitro groups is 1. The van der Waals surface area contributed by atoms with Gasteiger partial charge in [0.2, 0.25) is 0 Å². The van der Waals surface area contributed by atoms with Crippen LogP contribution in [0.4, 0.5) is 20.2 Å². The minimum Gasteiger partial charge on any atom is -0.380 e. The molecule has 0 amide bonds. The molecule has 2 aromatic carbocycles. The van der Waals surface area contributed by atoms with Crippen molar-refractivity contribution in [2.24, 2.45) is 0 Å². The highest BCUT2D eigenvalue weighted by Crippen LogP contribution is 2.23. The Morgan fingerprint density at radius 3 is 2.70 bits per heavy atom. The summed E-state index contributed by atoms with van der Waals surface area (Å²) >= 11 is 0. The molecule has 2 rings (SSSR count). The summed E-state index contributed by atoms with van der Waals surface area (Å²) in [7, 11) is 0. The summed E-state index contributed by atoms with van der Waals surface area (Å²) in [5.41, 5.74) is 0.960. The molecule has 0 aliphatic heterocycles. The summed E-state index contributed by atoms with van der Waals surface area (Å²) in [6.45, 7) is 1.63. The largest absolute Gasteiger partial charge is 0.380 e. The summed E-state index contributed by atoms with van der Waals surface area (Å²) in [4.78, 5) is 10.3. The molecule has 6 heteroatoms. The highest BCUT2D eigenvalue weighted by molar-refractivity contribution is 5.52. The SMILES string of the molecule is Cc1c(F)cccc1NCc1cc(F)ccc1[N+](=O)[O-]. The van der Waals surface area contributed by atoms with Crippen LogP contribution in [0.1, 0.15) is 11.1 Å². The van der Waals surface area contributed by atoms with Crippen LogP contribution in [0.3, 0.4) is 0 Å². The third-order valence-corrected chi connectivity index (χ3v) is 2.98. The van der Waals surface area contributed by atoms with Gasteiger partial charge in [0.15, 0.2) is 0 Å². The Morgan fingerprint density at radius 2 is 2.00 bits per heavy atom. The van der Waals surface area contributed by atoms with E-state index in [1.165, 1.54) is 12.1 Å². The van der Waals surface area contributed by atoms with Gasteiger partial charge in [0.25, 0.3) is 5.69 Å². The first-order chi connectivity index (χ1) is 9.49. The molecule has 0 aliphatic carbocycles. The molecule has 0 atom stereocenters. The molecule has 0 saturated heterocycles. The number of nitro benzene ring substituents is 1. The van der Waals surface area contributed by atoms with Crippen LogP contribution >= 0.6 is 0 Å². The lowest BCUT2D eigenvalue weighted by Crippen LogP contribution is -2.05. The molecule has 0 aliphatic rings. The van der Waals surface area contributed by atoms with Crippen molar-refractivity contribution in [3.8, 4) is 0 Å². The number of hydrogen-bond acceptors (Lipinski definition) is 3. The predicted octanol–water partition coefficient (Wildman–Crippen LogP) is 3.79. The maximum Gasteiger partial charge on any atom is 0.274 e. The zero-order chi connectivity index (χ0) is 14.7. The van der Waals surface area contributed by atoms with Gasteiger partial charge in [-0.1, -0.05) is 6.07 Å². The van der Waals surface area contributed by atoms with Crippen molar-refractivity contribution < 1.29 is 13.7 Å². The van der Waals surface area contributed by atoms with E-state index in [2.05, 4.69) is 5.32 Å². The van der Waals surface area contributed by atoms with Crippen LogP contribution in [0.25, 0.3) is 0 Å². The molecule has 20 heavy (non-hydrogen) atoms. The molecule has 0 fully saturated rings. The number of rotatable bonds is 4. The van der Waals surface area contributed by atoms with Crippen LogP contribution in [0.2, 0.25) is 0 Å². The number of anilines is 1. The van der Waals surface area contributed by atoms with Gasteiger partial charge in [-0.25, -0.2) is 8.78 Å². The van der Waals surface area contributed by atoms with E-state index >= 15 is 0 Å². The first-order valence-corrected chi connectivity index (χ1v) is 5.91. The van der Waals surface area contributed by atoms with Gasteiger partial charge in [-0.2, -0.15) is 0 Å². The van der Waals surface area contributed by atoms with E-state index in [4.69, 9.17) is 0 Å². The van der Waals surface area contributed by atoms with Crippen molar-refractivity contribution in [1.82, 2.24) is 0 Å². The van der Waals surface area contributed by atoms with Crippen LogP contribution in [0.5, 0.6) is 0 Å². The van der Waals surface area contributed by atoms with Crippen molar-refractivity contribution in [1.29, 1.82) is 0 Å². The van der Waals surface area contributed by atoms with Gasteiger partial charge in [-0.05, 0) is 31.2 Å². The molecule has 0 radical (unpaired) electrons. The maximum absolute atomic E-state index is 13.4. The first kappa shape index (κ1) is 13.9. The molecule has 104 valence electrons. The van der Waals surface area contributed by atoms with E-state index in [1.54, 1.807) is 13.0 Å². The highest BCUT2D eigenvalue weighted by Gasteiger charge is 2.14. The van der Waals surface area contributed by atoms with Crippen molar-refractivity contribution in [3.05, 3.63) is 69.3 Å². The average molecular weight is 278 g/mol. The van der Waals surface area contributed by atoms with Gasteiger partial charge < -0.3 is 5.32 Å². The molecule has 0 spiro atoms. The lowest BCUT2D eigenvalue weighted by Gasteiger charge is -2.10. The van der Waals surface area contributed by atoms with E-state index in [0.29, 0.717) is 11.3 Å². The molecule has 0 heterocycles. The standard InChI is InChI=1S/C14H12F2N2O2/c1-9-12(16)3-2-4-13(9)17-8-10-7-11(15)5-6-14(10)18(19)20/h2-7,17H,8H2,1H3. The van der Waals surface area contributed by atoms with Gasteiger partial charge in [-0.3, -0.25) is 10.1 Å². The number of hydrogen-bond donors (Lipinski definition) is 1. The monoisotopic (exact) mass is 278 g/mol. The number of benzene rings is 2. The first-order valence-electron chi connectivity index (χ1n) is 5.91. The highest BCUT2D eigenvalue weighted by atomic mass is 19.1. The van der Waals surface area contributed by atoms with E-state index in [9.17, 15) is 18.9 Å². The van der Waals surface area contributed by atoms with Gasteiger partial charge in [-0.15, -0.1) is 0 Å². The van der Waals surface area contributed by atoms with Crippen molar-refractivity contribution in [3.63, 3.8) is 0 Å². The van der Waals surface area contributed by atoms with Crippen molar-refractivity contribution in [2.75, 3.05) is 5.32 Å². The molecule has 0 saturated carbocycles. The Bertz CT molecular complexity index is 660. The van der Waals surface area contributed by atoms with Crippen molar-refractivity contribution >= 4 is 11.4 Å². The summed E-state index contributed by atoms with van der Waals surface area (Å²) in [6.07, 6.45) is 0. The third-order valence-electron chi connectivity index (χ3n) is 2.98. The fourth-order valence-corrected chi connectivity index (χ4v) is 1.86. The van der Waals surface area contributed by atoms with Crippen LogP contribution in [-0.2, 0) is 6.54 Å². The topological polar surface area (TPSA) is 55.2 Å². The molecule has 1 N–H and O–H groups in total. The summed E-state index contributed by atoms with van der Waals surface area (Å²) in [5.74, 6) is -0.924. The van der Waals surface area contributed by atoms with Gasteiger partial charge in [0, 0.05) is 23.9 Å². The average Bonchev–Trinajstić information content (AvgIpc) is 2.40. The molecule has 0 bridgehead atoms. The second-order valence-corrected chi connectivity index (χ2v) is 4.30. The molecule has 4 nitrogen and oxygen atoms in total. The van der Waals surface area contributed by atoms with Crippen LogP contribution in [0.15, 0.2) is 36.4 Å². The fourth-order valence-electron chi connectivity index (χ4n) is 1.86. The minimum absolute atomic E-state index is 0.0400. The Balaban J connectivity index is 2.24. The number of halogens is 2. The Labute approximate surface area is 114 Å². The summed E-state index contributed by atoms with van der Waals surface area (Å²) in [5, 5.41) is 13.7. The smallest absolute Gasteiger partial charge is 0.274 e. The Morgan fingerprint density at radius 1 is 1.25 bits per heavy atom. The second kappa shape index (κ2) is 5.64. The third kappa shape index (κ3) is 2.90. The quantitative estimate of drug-likeness (QED) is 0.683. The zero-order valence-corrected chi connectivity index (χ0v) is 10.7. The van der Waals surface area contributed by atoms with Gasteiger partial charge in [0.1, 0.15) is 11.6 Å². The van der Waals surface area contributed by atoms with E-state index in [0.717, 1.165) is 18.2 Å². The molecule has 2 aromatic rings. The van der Waals surface area contributed by atoms with E-state index in [-0.39, 0.29) is 23.6 Å². The fraction of sp³-hybridized carbons (Fsp3) is 0.143. The summed E-state index contributed by atoms with van der Waals surface area (Å²) < 4.78 is 26.5. The van der Waals surface area contributed by atoms with Crippen LogP contribution in [0, 0.1) is 28.7 Å². The zero-order valence-electron chi connectivity index (χ0n) is 10.7. The van der Waals surface area contributed by atoms with Gasteiger partial charge in [0.05, 0.1) is 10.5 Å². The second-order valence-electron chi connectivity index (χ2n) is 4.30. The van der Waals surface area contributed by atoms with Gasteiger partial charge >= 0.3 is 0 Å².